The number of sulfonamides is 1. The van der Waals surface area contributed by atoms with Gasteiger partial charge >= 0.3 is 0 Å². The van der Waals surface area contributed by atoms with Gasteiger partial charge in [-0.2, -0.15) is 4.31 Å². The third kappa shape index (κ3) is 5.13. The first-order valence-electron chi connectivity index (χ1n) is 9.26. The van der Waals surface area contributed by atoms with Crippen molar-refractivity contribution in [2.24, 2.45) is 0 Å². The topological polar surface area (TPSA) is 86.8 Å². The van der Waals surface area contributed by atoms with Gasteiger partial charge in [-0.05, 0) is 35.9 Å². The van der Waals surface area contributed by atoms with E-state index in [4.69, 9.17) is 23.2 Å². The van der Waals surface area contributed by atoms with E-state index in [9.17, 15) is 18.0 Å². The van der Waals surface area contributed by atoms with Crippen LogP contribution < -0.4 is 5.32 Å². The lowest BCUT2D eigenvalue weighted by Gasteiger charge is -2.33. The minimum atomic E-state index is -3.77. The van der Waals surface area contributed by atoms with Crippen molar-refractivity contribution in [2.45, 2.75) is 18.4 Å². The molecule has 1 heterocycles. The van der Waals surface area contributed by atoms with Crippen LogP contribution in [0, 0.1) is 0 Å². The second-order valence-corrected chi connectivity index (χ2v) is 9.64. The molecule has 0 bridgehead atoms. The van der Waals surface area contributed by atoms with E-state index in [0.717, 1.165) is 0 Å². The lowest BCUT2D eigenvalue weighted by Crippen LogP contribution is -2.49. The molecule has 1 fully saturated rings. The molecule has 1 aliphatic heterocycles. The predicted octanol–water partition coefficient (Wildman–Crippen LogP) is 2.78. The third-order valence-electron chi connectivity index (χ3n) is 4.87. The Balaban J connectivity index is 1.70. The highest BCUT2D eigenvalue weighted by atomic mass is 35.5. The summed E-state index contributed by atoms with van der Waals surface area (Å²) in [6.07, 6.45) is 0. The number of nitrogens with zero attached hydrogens (tertiary/aromatic N) is 2. The Labute approximate surface area is 185 Å². The number of halogens is 2. The van der Waals surface area contributed by atoms with Gasteiger partial charge in [0.1, 0.15) is 0 Å². The summed E-state index contributed by atoms with van der Waals surface area (Å²) >= 11 is 12.0. The van der Waals surface area contributed by atoms with Gasteiger partial charge in [0.2, 0.25) is 15.9 Å². The van der Waals surface area contributed by atoms with Gasteiger partial charge in [-0.25, -0.2) is 8.42 Å². The monoisotopic (exact) mass is 469 g/mol. The summed E-state index contributed by atoms with van der Waals surface area (Å²) < 4.78 is 27.2. The summed E-state index contributed by atoms with van der Waals surface area (Å²) in [5.41, 5.74) is 0.921. The zero-order valence-electron chi connectivity index (χ0n) is 16.3. The Morgan fingerprint density at radius 1 is 1.03 bits per heavy atom. The molecule has 2 aromatic rings. The normalized spacial score (nSPS) is 15.1. The Kier molecular flexibility index (Phi) is 7.02. The summed E-state index contributed by atoms with van der Waals surface area (Å²) in [7, 11) is -3.77. The minimum Gasteiger partial charge on any atom is -0.348 e. The third-order valence-corrected chi connectivity index (χ3v) is 7.35. The number of nitrogens with one attached hydrogen (secondary N) is 1. The molecule has 160 valence electrons. The maximum Gasteiger partial charge on any atom is 0.251 e. The second kappa shape index (κ2) is 9.34. The van der Waals surface area contributed by atoms with E-state index < -0.39 is 15.9 Å². The number of amides is 2. The SMILES string of the molecule is CC(=O)N1CCN(S(=O)(=O)c2cccc(C(=O)NCc3ccc(Cl)cc3Cl)c2)CC1. The van der Waals surface area contributed by atoms with Crippen LogP contribution in [0.5, 0.6) is 0 Å². The molecule has 0 saturated carbocycles. The number of benzene rings is 2. The van der Waals surface area contributed by atoms with Gasteiger partial charge in [-0.3, -0.25) is 9.59 Å². The predicted molar refractivity (Wildman–Crippen MR) is 115 cm³/mol. The molecule has 0 spiro atoms. The van der Waals surface area contributed by atoms with Crippen LogP contribution >= 0.6 is 23.2 Å². The molecular formula is C20H21Cl2N3O4S. The zero-order valence-corrected chi connectivity index (χ0v) is 18.6. The van der Waals surface area contributed by atoms with Crippen molar-refractivity contribution in [2.75, 3.05) is 26.2 Å². The Bertz CT molecular complexity index is 1070. The largest absolute Gasteiger partial charge is 0.348 e. The van der Waals surface area contributed by atoms with Gasteiger partial charge in [-0.15, -0.1) is 0 Å². The maximum atomic E-state index is 13.0. The van der Waals surface area contributed by atoms with Crippen LogP contribution in [-0.2, 0) is 21.4 Å². The van der Waals surface area contributed by atoms with E-state index in [1.165, 1.54) is 29.4 Å². The highest BCUT2D eigenvalue weighted by molar-refractivity contribution is 7.89. The van der Waals surface area contributed by atoms with Gasteiger partial charge in [-0.1, -0.05) is 35.3 Å². The van der Waals surface area contributed by atoms with Crippen LogP contribution in [0.3, 0.4) is 0 Å². The molecule has 7 nitrogen and oxygen atoms in total. The molecule has 3 rings (SSSR count). The van der Waals surface area contributed by atoms with Crippen LogP contribution in [0.1, 0.15) is 22.8 Å². The molecular weight excluding hydrogens is 449 g/mol. The number of hydrogen-bond donors (Lipinski definition) is 1. The first-order valence-corrected chi connectivity index (χ1v) is 11.5. The van der Waals surface area contributed by atoms with Crippen molar-refractivity contribution in [3.8, 4) is 0 Å². The molecule has 1 N–H and O–H groups in total. The summed E-state index contributed by atoms with van der Waals surface area (Å²) in [5, 5.41) is 3.66. The van der Waals surface area contributed by atoms with Gasteiger partial charge in [0, 0.05) is 55.3 Å². The lowest BCUT2D eigenvalue weighted by molar-refractivity contribution is -0.129. The zero-order chi connectivity index (χ0) is 21.9. The molecule has 1 saturated heterocycles. The fourth-order valence-electron chi connectivity index (χ4n) is 3.13. The van der Waals surface area contributed by atoms with E-state index >= 15 is 0 Å². The van der Waals surface area contributed by atoms with Gasteiger partial charge in [0.25, 0.3) is 5.91 Å². The average Bonchev–Trinajstić information content (AvgIpc) is 2.73. The number of piperazine rings is 1. The second-order valence-electron chi connectivity index (χ2n) is 6.86. The molecule has 0 unspecified atom stereocenters. The van der Waals surface area contributed by atoms with E-state index in [-0.39, 0.29) is 36.0 Å². The van der Waals surface area contributed by atoms with Crippen molar-refractivity contribution < 1.29 is 18.0 Å². The quantitative estimate of drug-likeness (QED) is 0.728. The Morgan fingerprint density at radius 2 is 1.73 bits per heavy atom. The van der Waals surface area contributed by atoms with E-state index in [2.05, 4.69) is 5.32 Å². The molecule has 0 radical (unpaired) electrons. The van der Waals surface area contributed by atoms with E-state index in [1.54, 1.807) is 29.2 Å². The van der Waals surface area contributed by atoms with Crippen LogP contribution in [0.15, 0.2) is 47.4 Å². The van der Waals surface area contributed by atoms with Crippen LogP contribution in [0.2, 0.25) is 10.0 Å². The van der Waals surface area contributed by atoms with Crippen molar-refractivity contribution in [3.63, 3.8) is 0 Å². The highest BCUT2D eigenvalue weighted by Gasteiger charge is 2.29. The summed E-state index contributed by atoms with van der Waals surface area (Å²) in [5.74, 6) is -0.494. The fraction of sp³-hybridized carbons (Fsp3) is 0.300. The molecule has 0 atom stereocenters. The fourth-order valence-corrected chi connectivity index (χ4v) is 5.08. The van der Waals surface area contributed by atoms with Crippen LogP contribution in [-0.4, -0.2) is 55.6 Å². The maximum absolute atomic E-state index is 13.0. The van der Waals surface area contributed by atoms with Crippen molar-refractivity contribution >= 4 is 45.0 Å². The average molecular weight is 470 g/mol. The number of hydrogen-bond acceptors (Lipinski definition) is 4. The first-order chi connectivity index (χ1) is 14.2. The Morgan fingerprint density at radius 3 is 2.37 bits per heavy atom. The summed E-state index contributed by atoms with van der Waals surface area (Å²) in [6, 6.07) is 10.9. The standard InChI is InChI=1S/C20H21Cl2N3O4S/c1-14(26)24-7-9-25(10-8-24)30(28,29)18-4-2-3-15(11-18)20(27)23-13-16-5-6-17(21)12-19(16)22/h2-6,11-12H,7-10,13H2,1H3,(H,23,27). The van der Waals surface area contributed by atoms with E-state index in [1.807, 2.05) is 0 Å². The number of rotatable bonds is 5. The first kappa shape index (κ1) is 22.6. The van der Waals surface area contributed by atoms with Crippen molar-refractivity contribution in [1.82, 2.24) is 14.5 Å². The molecule has 1 aliphatic rings. The van der Waals surface area contributed by atoms with Crippen molar-refractivity contribution in [3.05, 3.63) is 63.6 Å². The molecule has 0 aliphatic carbocycles. The minimum absolute atomic E-state index is 0.0379. The van der Waals surface area contributed by atoms with E-state index in [0.29, 0.717) is 28.7 Å². The van der Waals surface area contributed by atoms with Gasteiger partial charge in [0.05, 0.1) is 4.90 Å². The van der Waals surface area contributed by atoms with Gasteiger partial charge in [0.15, 0.2) is 0 Å². The summed E-state index contributed by atoms with van der Waals surface area (Å²) in [6.45, 7) is 2.76. The van der Waals surface area contributed by atoms with Crippen LogP contribution in [0.4, 0.5) is 0 Å². The van der Waals surface area contributed by atoms with Crippen molar-refractivity contribution in [1.29, 1.82) is 0 Å². The molecule has 0 aromatic heterocycles. The highest BCUT2D eigenvalue weighted by Crippen LogP contribution is 2.22. The lowest BCUT2D eigenvalue weighted by atomic mass is 10.2. The molecule has 2 amide bonds. The van der Waals surface area contributed by atoms with Gasteiger partial charge < -0.3 is 10.2 Å². The number of carbonyl (C=O) groups excluding carboxylic acids is 2. The molecule has 10 heteroatoms. The molecule has 2 aromatic carbocycles. The number of carbonyl (C=O) groups is 2. The van der Waals surface area contributed by atoms with Crippen LogP contribution in [0.25, 0.3) is 0 Å². The Hall–Kier alpha value is -2.13. The summed E-state index contributed by atoms with van der Waals surface area (Å²) in [4.78, 5) is 25.6. The smallest absolute Gasteiger partial charge is 0.251 e. The molecule has 30 heavy (non-hydrogen) atoms.